The van der Waals surface area contributed by atoms with Gasteiger partial charge in [-0.1, -0.05) is 76.9 Å². The molecular formula is C19H39NO. The first-order valence-electron chi connectivity index (χ1n) is 9.34. The second-order valence-electron chi connectivity index (χ2n) is 6.01. The van der Waals surface area contributed by atoms with E-state index in [1.807, 2.05) is 0 Å². The highest BCUT2D eigenvalue weighted by molar-refractivity contribution is 4.81. The first-order valence-corrected chi connectivity index (χ1v) is 9.34. The van der Waals surface area contributed by atoms with Crippen LogP contribution < -0.4 is 5.73 Å². The highest BCUT2D eigenvalue weighted by atomic mass is 16.5. The highest BCUT2D eigenvalue weighted by Gasteiger charge is 1.91. The summed E-state index contributed by atoms with van der Waals surface area (Å²) in [6.07, 6.45) is 23.6. The molecule has 0 spiro atoms. The van der Waals surface area contributed by atoms with E-state index in [1.54, 1.807) is 0 Å². The first-order chi connectivity index (χ1) is 10.4. The van der Waals surface area contributed by atoms with Gasteiger partial charge < -0.3 is 10.5 Å². The van der Waals surface area contributed by atoms with Gasteiger partial charge in [-0.15, -0.1) is 0 Å². The fraction of sp³-hybridized carbons (Fsp3) is 0.895. The topological polar surface area (TPSA) is 35.2 Å². The van der Waals surface area contributed by atoms with Crippen LogP contribution in [0.15, 0.2) is 12.2 Å². The molecule has 0 atom stereocenters. The molecule has 0 bridgehead atoms. The smallest absolute Gasteiger partial charge is 0.0940 e. The lowest BCUT2D eigenvalue weighted by atomic mass is 10.1. The number of rotatable bonds is 17. The molecule has 0 unspecified atom stereocenters. The number of allylic oxidation sites excluding steroid dienone is 2. The van der Waals surface area contributed by atoms with Gasteiger partial charge in [-0.05, 0) is 32.1 Å². The van der Waals surface area contributed by atoms with Gasteiger partial charge >= 0.3 is 0 Å². The predicted molar refractivity (Wildman–Crippen MR) is 94.5 cm³/mol. The monoisotopic (exact) mass is 297 g/mol. The van der Waals surface area contributed by atoms with Crippen molar-refractivity contribution in [3.63, 3.8) is 0 Å². The van der Waals surface area contributed by atoms with Crippen molar-refractivity contribution in [2.75, 3.05) is 13.3 Å². The summed E-state index contributed by atoms with van der Waals surface area (Å²) < 4.78 is 5.12. The molecule has 0 aromatic heterocycles. The summed E-state index contributed by atoms with van der Waals surface area (Å²) in [5, 5.41) is 0. The van der Waals surface area contributed by atoms with Crippen LogP contribution in [-0.4, -0.2) is 13.3 Å². The summed E-state index contributed by atoms with van der Waals surface area (Å²) in [6, 6.07) is 0. The molecule has 0 rings (SSSR count). The van der Waals surface area contributed by atoms with Gasteiger partial charge in [-0.3, -0.25) is 0 Å². The normalized spacial score (nSPS) is 11.5. The molecule has 0 aromatic carbocycles. The molecular weight excluding hydrogens is 258 g/mol. The molecule has 2 nitrogen and oxygen atoms in total. The van der Waals surface area contributed by atoms with Crippen LogP contribution in [0.25, 0.3) is 0 Å². The third kappa shape index (κ3) is 19.7. The number of hydrogen-bond acceptors (Lipinski definition) is 2. The largest absolute Gasteiger partial charge is 0.367 e. The molecule has 0 saturated heterocycles. The molecule has 0 fully saturated rings. The summed E-state index contributed by atoms with van der Waals surface area (Å²) in [5.41, 5.74) is 5.27. The number of nitrogens with two attached hydrogens (primary N) is 1. The fourth-order valence-electron chi connectivity index (χ4n) is 2.53. The van der Waals surface area contributed by atoms with Crippen molar-refractivity contribution in [3.8, 4) is 0 Å². The van der Waals surface area contributed by atoms with Crippen molar-refractivity contribution in [3.05, 3.63) is 12.2 Å². The number of ether oxygens (including phenoxy) is 1. The summed E-state index contributed by atoms with van der Waals surface area (Å²) in [5.74, 6) is 0. The van der Waals surface area contributed by atoms with Crippen molar-refractivity contribution in [2.24, 2.45) is 5.73 Å². The number of unbranched alkanes of at least 4 members (excludes halogenated alkanes) is 12. The Morgan fingerprint density at radius 1 is 0.667 bits per heavy atom. The van der Waals surface area contributed by atoms with Crippen LogP contribution in [0.5, 0.6) is 0 Å². The Labute approximate surface area is 133 Å². The Hall–Kier alpha value is -0.340. The van der Waals surface area contributed by atoms with Gasteiger partial charge in [0.25, 0.3) is 0 Å². The van der Waals surface area contributed by atoms with Crippen LogP contribution in [0.2, 0.25) is 0 Å². The second-order valence-corrected chi connectivity index (χ2v) is 6.01. The minimum absolute atomic E-state index is 0.366. The molecule has 126 valence electrons. The summed E-state index contributed by atoms with van der Waals surface area (Å²) >= 11 is 0. The van der Waals surface area contributed by atoms with Crippen molar-refractivity contribution in [1.29, 1.82) is 0 Å². The Morgan fingerprint density at radius 3 is 1.67 bits per heavy atom. The van der Waals surface area contributed by atoms with Crippen LogP contribution >= 0.6 is 0 Å². The molecule has 2 heteroatoms. The van der Waals surface area contributed by atoms with Gasteiger partial charge in [0.05, 0.1) is 6.73 Å². The Balaban J connectivity index is 3.02. The van der Waals surface area contributed by atoms with Gasteiger partial charge in [0.15, 0.2) is 0 Å². The third-order valence-corrected chi connectivity index (χ3v) is 3.92. The van der Waals surface area contributed by atoms with Crippen molar-refractivity contribution in [2.45, 2.75) is 96.8 Å². The van der Waals surface area contributed by atoms with Gasteiger partial charge in [0, 0.05) is 6.61 Å². The fourth-order valence-corrected chi connectivity index (χ4v) is 2.53. The van der Waals surface area contributed by atoms with Crippen LogP contribution in [0.4, 0.5) is 0 Å². The highest BCUT2D eigenvalue weighted by Crippen LogP contribution is 2.09. The lowest BCUT2D eigenvalue weighted by Crippen LogP contribution is -2.05. The molecule has 0 amide bonds. The maximum atomic E-state index is 5.27. The minimum Gasteiger partial charge on any atom is -0.367 e. The molecule has 0 aliphatic rings. The molecule has 0 aliphatic heterocycles. The molecule has 0 radical (unpaired) electrons. The average molecular weight is 298 g/mol. The quantitative estimate of drug-likeness (QED) is 0.204. The van der Waals surface area contributed by atoms with E-state index in [0.717, 1.165) is 13.0 Å². The van der Waals surface area contributed by atoms with E-state index in [2.05, 4.69) is 19.1 Å². The van der Waals surface area contributed by atoms with Crippen LogP contribution in [0, 0.1) is 0 Å². The number of hydrogen-bond donors (Lipinski definition) is 1. The third-order valence-electron chi connectivity index (χ3n) is 3.92. The van der Waals surface area contributed by atoms with Gasteiger partial charge in [-0.2, -0.15) is 0 Å². The molecule has 0 saturated carbocycles. The van der Waals surface area contributed by atoms with Crippen LogP contribution in [-0.2, 0) is 4.74 Å². The van der Waals surface area contributed by atoms with Crippen molar-refractivity contribution < 1.29 is 4.74 Å². The standard InChI is InChI=1S/C19H39NO/c1-2-3-4-5-6-7-8-9-10-11-12-13-14-15-16-17-18-21-19-20/h9-10H,2-8,11-20H2,1H3/b10-9-. The van der Waals surface area contributed by atoms with E-state index in [-0.39, 0.29) is 0 Å². The van der Waals surface area contributed by atoms with E-state index in [9.17, 15) is 0 Å². The first kappa shape index (κ1) is 20.7. The average Bonchev–Trinajstić information content (AvgIpc) is 2.50. The maximum absolute atomic E-state index is 5.27. The van der Waals surface area contributed by atoms with Crippen molar-refractivity contribution >= 4 is 0 Å². The zero-order chi connectivity index (χ0) is 15.4. The molecule has 0 heterocycles. The van der Waals surface area contributed by atoms with E-state index >= 15 is 0 Å². The lowest BCUT2D eigenvalue weighted by Gasteiger charge is -2.01. The molecule has 21 heavy (non-hydrogen) atoms. The van der Waals surface area contributed by atoms with E-state index in [4.69, 9.17) is 10.5 Å². The lowest BCUT2D eigenvalue weighted by molar-refractivity contribution is 0.136. The Morgan fingerprint density at radius 2 is 1.14 bits per heavy atom. The molecule has 0 aromatic rings. The zero-order valence-electron chi connectivity index (χ0n) is 14.5. The Bertz CT molecular complexity index is 204. The zero-order valence-corrected chi connectivity index (χ0v) is 14.5. The van der Waals surface area contributed by atoms with Crippen LogP contribution in [0.3, 0.4) is 0 Å². The van der Waals surface area contributed by atoms with E-state index in [1.165, 1.54) is 83.5 Å². The molecule has 2 N–H and O–H groups in total. The SMILES string of the molecule is CCCCCCCC/C=C\CCCCCCCCOCN. The predicted octanol–water partition coefficient (Wildman–Crippen LogP) is 5.96. The Kier molecular flexibility index (Phi) is 19.3. The van der Waals surface area contributed by atoms with Gasteiger partial charge in [-0.25, -0.2) is 0 Å². The summed E-state index contributed by atoms with van der Waals surface area (Å²) in [6.45, 7) is 3.47. The van der Waals surface area contributed by atoms with Gasteiger partial charge in [0.1, 0.15) is 0 Å². The molecule has 0 aliphatic carbocycles. The summed E-state index contributed by atoms with van der Waals surface area (Å²) in [4.78, 5) is 0. The van der Waals surface area contributed by atoms with E-state index in [0.29, 0.717) is 6.73 Å². The maximum Gasteiger partial charge on any atom is 0.0940 e. The second kappa shape index (κ2) is 19.7. The van der Waals surface area contributed by atoms with Crippen molar-refractivity contribution in [1.82, 2.24) is 0 Å². The van der Waals surface area contributed by atoms with E-state index < -0.39 is 0 Å². The summed E-state index contributed by atoms with van der Waals surface area (Å²) in [7, 11) is 0. The minimum atomic E-state index is 0.366. The van der Waals surface area contributed by atoms with Gasteiger partial charge in [0.2, 0.25) is 0 Å². The van der Waals surface area contributed by atoms with Crippen LogP contribution in [0.1, 0.15) is 96.8 Å².